The topological polar surface area (TPSA) is 77.8 Å². The lowest BCUT2D eigenvalue weighted by Crippen LogP contribution is -1.99. The number of rotatable bonds is 1. The van der Waals surface area contributed by atoms with E-state index in [9.17, 15) is 0 Å². The van der Waals surface area contributed by atoms with Gasteiger partial charge in [0.25, 0.3) is 0 Å². The Labute approximate surface area is 63.0 Å². The minimum atomic E-state index is 0.218. The van der Waals surface area contributed by atoms with Crippen LogP contribution in [0.3, 0.4) is 0 Å². The third-order valence-corrected chi connectivity index (χ3v) is 1.78. The number of nitrogen functional groups attached to an aromatic ring is 2. The van der Waals surface area contributed by atoms with Crippen molar-refractivity contribution in [3.05, 3.63) is 6.20 Å². The van der Waals surface area contributed by atoms with Crippen LogP contribution < -0.4 is 11.5 Å². The molecule has 4 N–H and O–H groups in total. The summed E-state index contributed by atoms with van der Waals surface area (Å²) in [6, 6.07) is 0. The summed E-state index contributed by atoms with van der Waals surface area (Å²) < 4.78 is 0. The van der Waals surface area contributed by atoms with Gasteiger partial charge in [0, 0.05) is 6.20 Å². The average molecular weight is 156 g/mol. The molecule has 5 heteroatoms. The van der Waals surface area contributed by atoms with Crippen LogP contribution in [0.1, 0.15) is 0 Å². The molecule has 4 nitrogen and oxygen atoms in total. The van der Waals surface area contributed by atoms with Crippen molar-refractivity contribution in [2.75, 3.05) is 17.7 Å². The van der Waals surface area contributed by atoms with Crippen molar-refractivity contribution in [2.24, 2.45) is 0 Å². The highest BCUT2D eigenvalue weighted by atomic mass is 32.2. The van der Waals surface area contributed by atoms with Crippen molar-refractivity contribution in [1.82, 2.24) is 9.97 Å². The summed E-state index contributed by atoms with van der Waals surface area (Å²) in [7, 11) is 0. The summed E-state index contributed by atoms with van der Waals surface area (Å²) in [4.78, 5) is 8.40. The highest BCUT2D eigenvalue weighted by Crippen LogP contribution is 2.18. The highest BCUT2D eigenvalue weighted by Gasteiger charge is 1.98. The van der Waals surface area contributed by atoms with Crippen molar-refractivity contribution in [3.8, 4) is 0 Å². The zero-order valence-corrected chi connectivity index (χ0v) is 6.35. The smallest absolute Gasteiger partial charge is 0.221 e. The van der Waals surface area contributed by atoms with Crippen LogP contribution >= 0.6 is 11.8 Å². The van der Waals surface area contributed by atoms with Crippen molar-refractivity contribution in [1.29, 1.82) is 0 Å². The largest absolute Gasteiger partial charge is 0.383 e. The summed E-state index contributed by atoms with van der Waals surface area (Å²) in [5, 5.41) is 0. The van der Waals surface area contributed by atoms with Gasteiger partial charge in [-0.25, -0.2) is 4.98 Å². The molecule has 1 aromatic heterocycles. The van der Waals surface area contributed by atoms with E-state index in [1.807, 2.05) is 6.26 Å². The number of nitrogens with zero attached hydrogens (tertiary/aromatic N) is 2. The molecule has 0 unspecified atom stereocenters. The summed E-state index contributed by atoms with van der Waals surface area (Å²) >= 11 is 1.50. The maximum absolute atomic E-state index is 5.48. The van der Waals surface area contributed by atoms with Gasteiger partial charge in [-0.2, -0.15) is 4.98 Å². The van der Waals surface area contributed by atoms with Crippen LogP contribution in [0.5, 0.6) is 0 Å². The summed E-state index contributed by atoms with van der Waals surface area (Å²) in [5.41, 5.74) is 10.8. The standard InChI is InChI=1S/C5H8N4S/c1-10-3-2-8-5(7)9-4(3)6/h2H,1H3,(H4,6,7,8,9). The number of nitrogens with two attached hydrogens (primary N) is 2. The molecule has 0 aliphatic rings. The van der Waals surface area contributed by atoms with Gasteiger partial charge in [-0.3, -0.25) is 0 Å². The van der Waals surface area contributed by atoms with Gasteiger partial charge in [-0.15, -0.1) is 11.8 Å². The molecular formula is C5H8N4S. The van der Waals surface area contributed by atoms with Crippen LogP contribution in [0.15, 0.2) is 11.1 Å². The minimum Gasteiger partial charge on any atom is -0.383 e. The molecule has 1 heterocycles. The van der Waals surface area contributed by atoms with Crippen LogP contribution in [-0.4, -0.2) is 16.2 Å². The minimum absolute atomic E-state index is 0.218. The van der Waals surface area contributed by atoms with Crippen molar-refractivity contribution in [3.63, 3.8) is 0 Å². The Hall–Kier alpha value is -0.970. The lowest BCUT2D eigenvalue weighted by atomic mass is 10.6. The zero-order valence-electron chi connectivity index (χ0n) is 5.53. The van der Waals surface area contributed by atoms with Crippen LogP contribution in [0.2, 0.25) is 0 Å². The molecule has 0 saturated carbocycles. The molecule has 0 spiro atoms. The van der Waals surface area contributed by atoms with Gasteiger partial charge in [0.15, 0.2) is 0 Å². The first kappa shape index (κ1) is 7.14. The first-order valence-corrected chi connectivity index (χ1v) is 3.88. The van der Waals surface area contributed by atoms with E-state index in [1.54, 1.807) is 6.20 Å². The molecule has 0 radical (unpaired) electrons. The second-order valence-electron chi connectivity index (χ2n) is 1.68. The fourth-order valence-corrected chi connectivity index (χ4v) is 0.968. The average Bonchev–Trinajstić information content (AvgIpc) is 1.88. The molecule has 0 aliphatic carbocycles. The molecule has 0 aliphatic heterocycles. The third-order valence-electron chi connectivity index (χ3n) is 1.02. The second-order valence-corrected chi connectivity index (χ2v) is 2.53. The lowest BCUT2D eigenvalue weighted by molar-refractivity contribution is 1.13. The Morgan fingerprint density at radius 3 is 2.70 bits per heavy atom. The Morgan fingerprint density at radius 2 is 2.20 bits per heavy atom. The zero-order chi connectivity index (χ0) is 7.56. The van der Waals surface area contributed by atoms with Gasteiger partial charge in [-0.05, 0) is 6.26 Å². The molecule has 1 aromatic rings. The van der Waals surface area contributed by atoms with Gasteiger partial charge in [0.05, 0.1) is 4.90 Å². The number of aromatic nitrogens is 2. The predicted octanol–water partition coefficient (Wildman–Crippen LogP) is 0.363. The molecule has 0 aromatic carbocycles. The quantitative estimate of drug-likeness (QED) is 0.574. The van der Waals surface area contributed by atoms with E-state index >= 15 is 0 Å². The van der Waals surface area contributed by atoms with Crippen LogP contribution in [-0.2, 0) is 0 Å². The second kappa shape index (κ2) is 2.74. The van der Waals surface area contributed by atoms with Gasteiger partial charge >= 0.3 is 0 Å². The Balaban J connectivity index is 3.07. The van der Waals surface area contributed by atoms with E-state index in [0.717, 1.165) is 4.90 Å². The maximum Gasteiger partial charge on any atom is 0.221 e. The number of hydrogen-bond acceptors (Lipinski definition) is 5. The van der Waals surface area contributed by atoms with E-state index in [2.05, 4.69) is 9.97 Å². The van der Waals surface area contributed by atoms with Gasteiger partial charge < -0.3 is 11.5 Å². The van der Waals surface area contributed by atoms with Gasteiger partial charge in [0.1, 0.15) is 5.82 Å². The Bertz CT molecular complexity index is 237. The van der Waals surface area contributed by atoms with Gasteiger partial charge in [-0.1, -0.05) is 0 Å². The normalized spacial score (nSPS) is 9.70. The molecular weight excluding hydrogens is 148 g/mol. The van der Waals surface area contributed by atoms with E-state index < -0.39 is 0 Å². The van der Waals surface area contributed by atoms with E-state index in [0.29, 0.717) is 5.82 Å². The molecule has 0 amide bonds. The molecule has 0 fully saturated rings. The summed E-state index contributed by atoms with van der Waals surface area (Å²) in [5.74, 6) is 0.662. The Kier molecular flexibility index (Phi) is 1.96. The summed E-state index contributed by atoms with van der Waals surface area (Å²) in [6.07, 6.45) is 3.52. The number of anilines is 2. The summed E-state index contributed by atoms with van der Waals surface area (Å²) in [6.45, 7) is 0. The molecule has 0 saturated heterocycles. The fraction of sp³-hybridized carbons (Fsp3) is 0.200. The SMILES string of the molecule is CSc1cnc(N)nc1N. The first-order chi connectivity index (χ1) is 4.74. The first-order valence-electron chi connectivity index (χ1n) is 2.66. The van der Waals surface area contributed by atoms with Gasteiger partial charge in [0.2, 0.25) is 5.95 Å². The number of thioether (sulfide) groups is 1. The van der Waals surface area contributed by atoms with Crippen LogP contribution in [0.25, 0.3) is 0 Å². The molecule has 1 rings (SSSR count). The molecule has 10 heavy (non-hydrogen) atoms. The molecule has 0 bridgehead atoms. The molecule has 0 atom stereocenters. The third kappa shape index (κ3) is 1.30. The van der Waals surface area contributed by atoms with Crippen LogP contribution in [0, 0.1) is 0 Å². The Morgan fingerprint density at radius 1 is 1.50 bits per heavy atom. The predicted molar refractivity (Wildman–Crippen MR) is 42.6 cm³/mol. The van der Waals surface area contributed by atoms with E-state index in [-0.39, 0.29) is 5.95 Å². The molecule has 54 valence electrons. The van der Waals surface area contributed by atoms with Crippen LogP contribution in [0.4, 0.5) is 11.8 Å². The van der Waals surface area contributed by atoms with Crippen molar-refractivity contribution in [2.45, 2.75) is 4.90 Å². The monoisotopic (exact) mass is 156 g/mol. The van der Waals surface area contributed by atoms with Crippen molar-refractivity contribution >= 4 is 23.5 Å². The lowest BCUT2D eigenvalue weighted by Gasteiger charge is -1.99. The van der Waals surface area contributed by atoms with E-state index in [4.69, 9.17) is 11.5 Å². The van der Waals surface area contributed by atoms with Crippen molar-refractivity contribution < 1.29 is 0 Å². The highest BCUT2D eigenvalue weighted by molar-refractivity contribution is 7.98. The fourth-order valence-electron chi connectivity index (χ4n) is 0.556. The van der Waals surface area contributed by atoms with E-state index in [1.165, 1.54) is 11.8 Å². The maximum atomic E-state index is 5.48. The number of hydrogen-bond donors (Lipinski definition) is 2.